The minimum atomic E-state index is -0.147. The van der Waals surface area contributed by atoms with Crippen molar-refractivity contribution in [1.82, 2.24) is 5.32 Å². The Bertz CT molecular complexity index is 459. The van der Waals surface area contributed by atoms with Gasteiger partial charge in [0.25, 0.3) is 0 Å². The van der Waals surface area contributed by atoms with E-state index in [9.17, 15) is 5.26 Å². The zero-order chi connectivity index (χ0) is 13.8. The second-order valence-electron chi connectivity index (χ2n) is 6.36. The van der Waals surface area contributed by atoms with Crippen LogP contribution in [0.1, 0.15) is 74.5 Å². The first kappa shape index (κ1) is 13.6. The molecule has 2 heteroatoms. The largest absolute Gasteiger partial charge is 0.295 e. The fraction of sp³-hybridized carbons (Fsp3) is 0.611. The van der Waals surface area contributed by atoms with Gasteiger partial charge in [0, 0.05) is 6.04 Å². The van der Waals surface area contributed by atoms with E-state index in [0.29, 0.717) is 6.04 Å². The summed E-state index contributed by atoms with van der Waals surface area (Å²) in [6.45, 7) is 0. The topological polar surface area (TPSA) is 35.8 Å². The third-order valence-electron chi connectivity index (χ3n) is 4.71. The molecular weight excluding hydrogens is 244 g/mol. The van der Waals surface area contributed by atoms with Crippen LogP contribution in [0.4, 0.5) is 0 Å². The molecule has 1 N–H and O–H groups in total. The Hall–Kier alpha value is -1.33. The first-order valence-corrected chi connectivity index (χ1v) is 8.12. The molecule has 0 amide bonds. The Morgan fingerprint density at radius 2 is 1.60 bits per heavy atom. The van der Waals surface area contributed by atoms with E-state index in [-0.39, 0.29) is 6.04 Å². The van der Waals surface area contributed by atoms with Crippen LogP contribution >= 0.6 is 0 Å². The summed E-state index contributed by atoms with van der Waals surface area (Å²) < 4.78 is 0. The van der Waals surface area contributed by atoms with Crippen molar-refractivity contribution in [2.75, 3.05) is 0 Å². The normalized spacial score (nSPS) is 21.9. The molecule has 0 aliphatic heterocycles. The van der Waals surface area contributed by atoms with Crippen LogP contribution in [0.25, 0.3) is 0 Å². The highest BCUT2D eigenvalue weighted by atomic mass is 14.9. The summed E-state index contributed by atoms with van der Waals surface area (Å²) in [7, 11) is 0. The molecule has 2 nitrogen and oxygen atoms in total. The van der Waals surface area contributed by atoms with Gasteiger partial charge in [0.2, 0.25) is 0 Å². The second kappa shape index (κ2) is 6.41. The third-order valence-corrected chi connectivity index (χ3v) is 4.71. The van der Waals surface area contributed by atoms with Gasteiger partial charge in [-0.05, 0) is 42.7 Å². The highest BCUT2D eigenvalue weighted by Gasteiger charge is 2.24. The standard InChI is InChI=1S/C18H24N2/c19-13-18(20-17-5-3-1-2-4-6-17)16-11-9-15(10-12-16)14-7-8-14/h9-12,14,17-18,20H,1-8H2. The Balaban J connectivity index is 1.64. The summed E-state index contributed by atoms with van der Waals surface area (Å²) in [4.78, 5) is 0. The number of hydrogen-bond acceptors (Lipinski definition) is 2. The SMILES string of the molecule is N#CC(NC1CCCCCC1)c1ccc(C2CC2)cc1. The van der Waals surface area contributed by atoms with Gasteiger partial charge in [-0.2, -0.15) is 5.26 Å². The average Bonchev–Trinajstić information content (AvgIpc) is 3.32. The van der Waals surface area contributed by atoms with Gasteiger partial charge in [0.15, 0.2) is 0 Å². The van der Waals surface area contributed by atoms with E-state index in [1.807, 2.05) is 0 Å². The lowest BCUT2D eigenvalue weighted by Gasteiger charge is -2.20. The van der Waals surface area contributed by atoms with Crippen molar-refractivity contribution in [3.05, 3.63) is 35.4 Å². The number of nitrogens with zero attached hydrogens (tertiary/aromatic N) is 1. The molecule has 0 bridgehead atoms. The summed E-state index contributed by atoms with van der Waals surface area (Å²) in [5, 5.41) is 13.0. The molecule has 0 spiro atoms. The highest BCUT2D eigenvalue weighted by Crippen LogP contribution is 2.40. The molecule has 0 saturated heterocycles. The molecule has 1 unspecified atom stereocenters. The molecule has 1 aromatic rings. The van der Waals surface area contributed by atoms with E-state index in [1.165, 1.54) is 56.9 Å². The van der Waals surface area contributed by atoms with Crippen LogP contribution in [0.5, 0.6) is 0 Å². The number of hydrogen-bond donors (Lipinski definition) is 1. The number of nitriles is 1. The van der Waals surface area contributed by atoms with Gasteiger partial charge in [0.1, 0.15) is 6.04 Å². The fourth-order valence-electron chi connectivity index (χ4n) is 3.27. The van der Waals surface area contributed by atoms with E-state index < -0.39 is 0 Å². The molecular formula is C18H24N2. The lowest BCUT2D eigenvalue weighted by atomic mass is 10.0. The minimum absolute atomic E-state index is 0.147. The molecule has 0 heterocycles. The molecule has 1 aromatic carbocycles. The van der Waals surface area contributed by atoms with Gasteiger partial charge in [-0.1, -0.05) is 49.9 Å². The summed E-state index contributed by atoms with van der Waals surface area (Å²) in [5.74, 6) is 0.791. The Labute approximate surface area is 122 Å². The van der Waals surface area contributed by atoms with Crippen molar-refractivity contribution in [1.29, 1.82) is 5.26 Å². The molecule has 0 aromatic heterocycles. The van der Waals surface area contributed by atoms with Gasteiger partial charge in [-0.25, -0.2) is 0 Å². The average molecular weight is 268 g/mol. The Morgan fingerprint density at radius 1 is 0.950 bits per heavy atom. The van der Waals surface area contributed by atoms with Crippen molar-refractivity contribution in [3.8, 4) is 6.07 Å². The van der Waals surface area contributed by atoms with Gasteiger partial charge < -0.3 is 0 Å². The van der Waals surface area contributed by atoms with Gasteiger partial charge >= 0.3 is 0 Å². The van der Waals surface area contributed by atoms with Gasteiger partial charge in [-0.3, -0.25) is 5.32 Å². The maximum Gasteiger partial charge on any atom is 0.121 e. The Kier molecular flexibility index (Phi) is 4.38. The smallest absolute Gasteiger partial charge is 0.121 e. The quantitative estimate of drug-likeness (QED) is 0.819. The zero-order valence-corrected chi connectivity index (χ0v) is 12.1. The van der Waals surface area contributed by atoms with Gasteiger partial charge in [-0.15, -0.1) is 0 Å². The molecule has 2 saturated carbocycles. The monoisotopic (exact) mass is 268 g/mol. The molecule has 1 atom stereocenters. The molecule has 106 valence electrons. The van der Waals surface area contributed by atoms with Crippen molar-refractivity contribution >= 4 is 0 Å². The number of benzene rings is 1. The lowest BCUT2D eigenvalue weighted by molar-refractivity contribution is 0.436. The highest BCUT2D eigenvalue weighted by molar-refractivity contribution is 5.31. The van der Waals surface area contributed by atoms with Crippen LogP contribution in [0.3, 0.4) is 0 Å². The number of rotatable bonds is 4. The van der Waals surface area contributed by atoms with Crippen molar-refractivity contribution in [2.24, 2.45) is 0 Å². The summed E-state index contributed by atoms with van der Waals surface area (Å²) >= 11 is 0. The van der Waals surface area contributed by atoms with E-state index >= 15 is 0 Å². The van der Waals surface area contributed by atoms with E-state index in [4.69, 9.17) is 0 Å². The van der Waals surface area contributed by atoms with Crippen LogP contribution in [0.15, 0.2) is 24.3 Å². The predicted molar refractivity (Wildman–Crippen MR) is 81.4 cm³/mol. The predicted octanol–water partition coefficient (Wildman–Crippen LogP) is 4.44. The summed E-state index contributed by atoms with van der Waals surface area (Å²) in [6.07, 6.45) is 10.4. The van der Waals surface area contributed by atoms with Crippen molar-refractivity contribution in [3.63, 3.8) is 0 Å². The van der Waals surface area contributed by atoms with E-state index in [1.54, 1.807) is 0 Å². The number of nitrogens with one attached hydrogen (secondary N) is 1. The molecule has 3 rings (SSSR count). The van der Waals surface area contributed by atoms with Crippen molar-refractivity contribution in [2.45, 2.75) is 69.4 Å². The molecule has 0 radical (unpaired) electrons. The first-order chi connectivity index (χ1) is 9.86. The van der Waals surface area contributed by atoms with Crippen LogP contribution in [0, 0.1) is 11.3 Å². The minimum Gasteiger partial charge on any atom is -0.295 e. The first-order valence-electron chi connectivity index (χ1n) is 8.12. The third kappa shape index (κ3) is 3.41. The maximum absolute atomic E-state index is 9.46. The summed E-state index contributed by atoms with van der Waals surface area (Å²) in [6, 6.07) is 11.5. The fourth-order valence-corrected chi connectivity index (χ4v) is 3.27. The van der Waals surface area contributed by atoms with Crippen molar-refractivity contribution < 1.29 is 0 Å². The van der Waals surface area contributed by atoms with Crippen LogP contribution in [-0.2, 0) is 0 Å². The van der Waals surface area contributed by atoms with Gasteiger partial charge in [0.05, 0.1) is 6.07 Å². The maximum atomic E-state index is 9.46. The second-order valence-corrected chi connectivity index (χ2v) is 6.36. The zero-order valence-electron chi connectivity index (χ0n) is 12.1. The van der Waals surface area contributed by atoms with Crippen LogP contribution < -0.4 is 5.32 Å². The van der Waals surface area contributed by atoms with Crippen LogP contribution in [0.2, 0.25) is 0 Å². The Morgan fingerprint density at radius 3 is 2.15 bits per heavy atom. The lowest BCUT2D eigenvalue weighted by Crippen LogP contribution is -2.31. The molecule has 2 fully saturated rings. The summed E-state index contributed by atoms with van der Waals surface area (Å²) in [5.41, 5.74) is 2.57. The van der Waals surface area contributed by atoms with E-state index in [0.717, 1.165) is 11.5 Å². The van der Waals surface area contributed by atoms with E-state index in [2.05, 4.69) is 35.7 Å². The van der Waals surface area contributed by atoms with Crippen LogP contribution in [-0.4, -0.2) is 6.04 Å². The molecule has 2 aliphatic carbocycles. The molecule has 2 aliphatic rings. The molecule has 20 heavy (non-hydrogen) atoms.